The van der Waals surface area contributed by atoms with Gasteiger partial charge in [-0.05, 0) is 42.8 Å². The number of hydrogen-bond donors (Lipinski definition) is 2. The fourth-order valence-electron chi connectivity index (χ4n) is 2.90. The minimum atomic E-state index is -0.346. The van der Waals surface area contributed by atoms with Crippen molar-refractivity contribution in [2.24, 2.45) is 0 Å². The zero-order valence-electron chi connectivity index (χ0n) is 15.2. The fraction of sp³-hybridized carbons (Fsp3) is 0.0952. The highest BCUT2D eigenvalue weighted by Crippen LogP contribution is 2.18. The molecule has 0 saturated carbocycles. The summed E-state index contributed by atoms with van der Waals surface area (Å²) in [4.78, 5) is 12.4. The van der Waals surface area contributed by atoms with E-state index in [1.807, 2.05) is 31.3 Å². The number of amides is 1. The standard InChI is InChI=1S/C21H18FN5O/c1-14-3-2-4-15(11-14)13-27-10-9-20(26-27)23-21(28)19-12-18(24-25-19)16-5-7-17(22)8-6-16/h2-12H,13H2,1H3,(H,24,25)(H,23,26,28). The van der Waals surface area contributed by atoms with E-state index in [4.69, 9.17) is 0 Å². The van der Waals surface area contributed by atoms with Crippen LogP contribution in [-0.2, 0) is 6.54 Å². The maximum absolute atomic E-state index is 13.0. The monoisotopic (exact) mass is 375 g/mol. The summed E-state index contributed by atoms with van der Waals surface area (Å²) in [6, 6.07) is 17.5. The lowest BCUT2D eigenvalue weighted by Gasteiger charge is -2.03. The van der Waals surface area contributed by atoms with Gasteiger partial charge in [-0.25, -0.2) is 4.39 Å². The summed E-state index contributed by atoms with van der Waals surface area (Å²) in [6.07, 6.45) is 1.81. The highest BCUT2D eigenvalue weighted by atomic mass is 19.1. The van der Waals surface area contributed by atoms with Crippen LogP contribution < -0.4 is 5.32 Å². The normalized spacial score (nSPS) is 10.8. The minimum absolute atomic E-state index is 0.299. The number of aromatic amines is 1. The SMILES string of the molecule is Cc1cccc(Cn2ccc(NC(=O)c3cc(-c4ccc(F)cc4)n[nH]3)n2)c1. The third-order valence-corrected chi connectivity index (χ3v) is 4.27. The molecule has 0 radical (unpaired) electrons. The molecule has 2 N–H and O–H groups in total. The van der Waals surface area contributed by atoms with Crippen molar-refractivity contribution in [3.8, 4) is 11.3 Å². The van der Waals surface area contributed by atoms with Gasteiger partial charge in [-0.3, -0.25) is 14.6 Å². The summed E-state index contributed by atoms with van der Waals surface area (Å²) in [5.74, 6) is -0.212. The first-order valence-electron chi connectivity index (χ1n) is 8.78. The van der Waals surface area contributed by atoms with Gasteiger partial charge in [-0.15, -0.1) is 0 Å². The maximum atomic E-state index is 13.0. The molecule has 0 spiro atoms. The molecule has 0 saturated heterocycles. The highest BCUT2D eigenvalue weighted by molar-refractivity contribution is 6.02. The van der Waals surface area contributed by atoms with Crippen LogP contribution in [0.4, 0.5) is 10.2 Å². The molecule has 0 aliphatic carbocycles. The Morgan fingerprint density at radius 1 is 1.14 bits per heavy atom. The Hall–Kier alpha value is -3.74. The van der Waals surface area contributed by atoms with Crippen LogP contribution in [0, 0.1) is 12.7 Å². The van der Waals surface area contributed by atoms with Gasteiger partial charge >= 0.3 is 0 Å². The van der Waals surface area contributed by atoms with Gasteiger partial charge in [-0.1, -0.05) is 29.8 Å². The van der Waals surface area contributed by atoms with Gasteiger partial charge in [0.15, 0.2) is 5.82 Å². The number of carbonyl (C=O) groups is 1. The number of halogens is 1. The first-order chi connectivity index (χ1) is 13.6. The van der Waals surface area contributed by atoms with Gasteiger partial charge < -0.3 is 5.32 Å². The molecular formula is C21H18FN5O. The largest absolute Gasteiger partial charge is 0.304 e. The Morgan fingerprint density at radius 3 is 2.75 bits per heavy atom. The number of benzene rings is 2. The smallest absolute Gasteiger partial charge is 0.274 e. The Morgan fingerprint density at radius 2 is 1.96 bits per heavy atom. The third kappa shape index (κ3) is 3.98. The van der Waals surface area contributed by atoms with E-state index >= 15 is 0 Å². The van der Waals surface area contributed by atoms with Crippen molar-refractivity contribution in [1.29, 1.82) is 0 Å². The lowest BCUT2D eigenvalue weighted by Crippen LogP contribution is -2.13. The second-order valence-corrected chi connectivity index (χ2v) is 6.52. The molecular weight excluding hydrogens is 357 g/mol. The van der Waals surface area contributed by atoms with Crippen LogP contribution in [0.1, 0.15) is 21.6 Å². The van der Waals surface area contributed by atoms with Crippen LogP contribution in [0.2, 0.25) is 0 Å². The molecule has 4 rings (SSSR count). The summed E-state index contributed by atoms with van der Waals surface area (Å²) in [5, 5.41) is 13.9. The van der Waals surface area contributed by atoms with Crippen molar-refractivity contribution in [3.63, 3.8) is 0 Å². The molecule has 2 aromatic carbocycles. The molecule has 0 bridgehead atoms. The summed E-state index contributed by atoms with van der Waals surface area (Å²) in [5.41, 5.74) is 3.91. The molecule has 0 fully saturated rings. The van der Waals surface area contributed by atoms with Gasteiger partial charge in [0.2, 0.25) is 0 Å². The van der Waals surface area contributed by atoms with Crippen molar-refractivity contribution < 1.29 is 9.18 Å². The van der Waals surface area contributed by atoms with Gasteiger partial charge in [-0.2, -0.15) is 10.2 Å². The molecule has 0 unspecified atom stereocenters. The number of carbonyl (C=O) groups excluding carboxylic acids is 1. The number of nitrogens with zero attached hydrogens (tertiary/aromatic N) is 3. The van der Waals surface area contributed by atoms with E-state index < -0.39 is 0 Å². The predicted molar refractivity (Wildman–Crippen MR) is 104 cm³/mol. The predicted octanol–water partition coefficient (Wildman–Crippen LogP) is 4.02. The summed E-state index contributed by atoms with van der Waals surface area (Å²) < 4.78 is 14.8. The molecule has 2 heterocycles. The van der Waals surface area contributed by atoms with Crippen LogP contribution in [0.5, 0.6) is 0 Å². The van der Waals surface area contributed by atoms with Crippen molar-refractivity contribution in [2.45, 2.75) is 13.5 Å². The molecule has 140 valence electrons. The molecule has 2 aromatic heterocycles. The van der Waals surface area contributed by atoms with Crippen molar-refractivity contribution in [1.82, 2.24) is 20.0 Å². The van der Waals surface area contributed by atoms with E-state index in [1.54, 1.807) is 28.9 Å². The Labute approximate surface area is 161 Å². The topological polar surface area (TPSA) is 75.6 Å². The Kier molecular flexibility index (Phi) is 4.72. The average molecular weight is 375 g/mol. The van der Waals surface area contributed by atoms with Crippen LogP contribution >= 0.6 is 0 Å². The minimum Gasteiger partial charge on any atom is -0.304 e. The van der Waals surface area contributed by atoms with Gasteiger partial charge in [0.25, 0.3) is 5.91 Å². The fourth-order valence-corrected chi connectivity index (χ4v) is 2.90. The number of aromatic nitrogens is 4. The van der Waals surface area contributed by atoms with E-state index in [2.05, 4.69) is 26.7 Å². The Balaban J connectivity index is 1.43. The van der Waals surface area contributed by atoms with Crippen LogP contribution in [0.25, 0.3) is 11.3 Å². The molecule has 6 nitrogen and oxygen atoms in total. The zero-order chi connectivity index (χ0) is 19.5. The quantitative estimate of drug-likeness (QED) is 0.553. The second kappa shape index (κ2) is 7.48. The van der Waals surface area contributed by atoms with Crippen molar-refractivity contribution >= 4 is 11.7 Å². The van der Waals surface area contributed by atoms with Gasteiger partial charge in [0.1, 0.15) is 11.5 Å². The lowest BCUT2D eigenvalue weighted by molar-refractivity contribution is 0.102. The summed E-state index contributed by atoms with van der Waals surface area (Å²) in [7, 11) is 0. The van der Waals surface area contributed by atoms with E-state index in [-0.39, 0.29) is 11.7 Å². The summed E-state index contributed by atoms with van der Waals surface area (Å²) in [6.45, 7) is 2.67. The summed E-state index contributed by atoms with van der Waals surface area (Å²) >= 11 is 0. The van der Waals surface area contributed by atoms with Crippen molar-refractivity contribution in [3.05, 3.63) is 89.5 Å². The number of nitrogens with one attached hydrogen (secondary N) is 2. The number of H-pyrrole nitrogens is 1. The number of rotatable bonds is 5. The molecule has 1 amide bonds. The van der Waals surface area contributed by atoms with Crippen LogP contribution in [0.15, 0.2) is 66.9 Å². The van der Waals surface area contributed by atoms with Crippen LogP contribution in [0.3, 0.4) is 0 Å². The van der Waals surface area contributed by atoms with Crippen molar-refractivity contribution in [2.75, 3.05) is 5.32 Å². The van der Waals surface area contributed by atoms with Crippen LogP contribution in [-0.4, -0.2) is 25.9 Å². The first-order valence-corrected chi connectivity index (χ1v) is 8.78. The number of aryl methyl sites for hydroxylation is 1. The lowest BCUT2D eigenvalue weighted by atomic mass is 10.1. The molecule has 28 heavy (non-hydrogen) atoms. The first kappa shape index (κ1) is 17.7. The molecule has 0 aliphatic rings. The maximum Gasteiger partial charge on any atom is 0.274 e. The number of anilines is 1. The van der Waals surface area contributed by atoms with E-state index in [1.165, 1.54) is 17.7 Å². The molecule has 7 heteroatoms. The Bertz CT molecular complexity index is 1110. The number of hydrogen-bond acceptors (Lipinski definition) is 3. The average Bonchev–Trinajstić information content (AvgIpc) is 3.32. The van der Waals surface area contributed by atoms with E-state index in [0.717, 1.165) is 11.1 Å². The molecule has 4 aromatic rings. The third-order valence-electron chi connectivity index (χ3n) is 4.27. The zero-order valence-corrected chi connectivity index (χ0v) is 15.2. The highest BCUT2D eigenvalue weighted by Gasteiger charge is 2.13. The molecule has 0 aliphatic heterocycles. The van der Waals surface area contributed by atoms with E-state index in [0.29, 0.717) is 23.8 Å². The van der Waals surface area contributed by atoms with E-state index in [9.17, 15) is 9.18 Å². The molecule has 0 atom stereocenters. The second-order valence-electron chi connectivity index (χ2n) is 6.52. The van der Waals surface area contributed by atoms with Gasteiger partial charge in [0.05, 0.1) is 12.2 Å². The van der Waals surface area contributed by atoms with Gasteiger partial charge in [0, 0.05) is 17.8 Å².